The summed E-state index contributed by atoms with van der Waals surface area (Å²) in [6.07, 6.45) is 1.19. The smallest absolute Gasteiger partial charge is 0.274 e. The topological polar surface area (TPSA) is 89.3 Å². The lowest BCUT2D eigenvalue weighted by Gasteiger charge is -2.11. The van der Waals surface area contributed by atoms with Crippen molar-refractivity contribution < 1.29 is 17.7 Å². The summed E-state index contributed by atoms with van der Waals surface area (Å²) in [5.41, 5.74) is -0.148. The van der Waals surface area contributed by atoms with E-state index < -0.39 is 25.8 Å². The quantitative estimate of drug-likeness (QED) is 0.673. The van der Waals surface area contributed by atoms with Crippen LogP contribution in [0.4, 0.5) is 15.8 Å². The van der Waals surface area contributed by atoms with E-state index in [1.165, 1.54) is 6.07 Å². The van der Waals surface area contributed by atoms with E-state index in [1.54, 1.807) is 0 Å². The molecule has 1 unspecified atom stereocenters. The first kappa shape index (κ1) is 13.7. The Labute approximate surface area is 109 Å². The average Bonchev–Trinajstić information content (AvgIpc) is 2.65. The fourth-order valence-electron chi connectivity index (χ4n) is 2.10. The average molecular weight is 288 g/mol. The highest BCUT2D eigenvalue weighted by atomic mass is 32.2. The number of hydrogen-bond acceptors (Lipinski definition) is 5. The number of rotatable bonds is 4. The predicted molar refractivity (Wildman–Crippen MR) is 68.4 cm³/mol. The Morgan fingerprint density at radius 2 is 2.16 bits per heavy atom. The number of nitro groups is 1. The Morgan fingerprint density at radius 1 is 1.42 bits per heavy atom. The molecule has 2 rings (SSSR count). The molecule has 0 radical (unpaired) electrons. The molecule has 8 heteroatoms. The zero-order chi connectivity index (χ0) is 14.0. The van der Waals surface area contributed by atoms with Crippen LogP contribution in [-0.4, -0.2) is 30.9 Å². The van der Waals surface area contributed by atoms with Crippen LogP contribution in [0.2, 0.25) is 0 Å². The zero-order valence-corrected chi connectivity index (χ0v) is 10.8. The molecule has 1 atom stereocenters. The molecule has 1 saturated heterocycles. The van der Waals surface area contributed by atoms with Crippen molar-refractivity contribution in [2.75, 3.05) is 17.6 Å². The third-order valence-electron chi connectivity index (χ3n) is 3.09. The molecular weight excluding hydrogens is 275 g/mol. The first-order valence-electron chi connectivity index (χ1n) is 5.79. The summed E-state index contributed by atoms with van der Waals surface area (Å²) in [5.74, 6) is -0.561. The molecule has 6 nitrogen and oxygen atoms in total. The van der Waals surface area contributed by atoms with Gasteiger partial charge < -0.3 is 5.32 Å². The van der Waals surface area contributed by atoms with E-state index in [4.69, 9.17) is 0 Å². The fraction of sp³-hybridized carbons (Fsp3) is 0.455. The number of hydrogen-bond donors (Lipinski definition) is 1. The Morgan fingerprint density at radius 3 is 2.74 bits per heavy atom. The molecule has 0 spiro atoms. The number of benzene rings is 1. The van der Waals surface area contributed by atoms with E-state index in [-0.39, 0.29) is 23.7 Å². The van der Waals surface area contributed by atoms with Crippen LogP contribution in [0.15, 0.2) is 18.2 Å². The second-order valence-corrected chi connectivity index (χ2v) is 6.87. The largest absolute Gasteiger partial charge is 0.383 e. The minimum absolute atomic E-state index is 0.142. The minimum Gasteiger partial charge on any atom is -0.383 e. The highest BCUT2D eigenvalue weighted by Crippen LogP contribution is 2.23. The molecule has 1 heterocycles. The standard InChI is InChI=1S/C11H13FN2O4S/c12-8-4-9(6-10(5-8)14(15)16)13-7-11-2-1-3-19(11,17)18/h4-6,11,13H,1-3,7H2. The number of nitrogens with zero attached hydrogens (tertiary/aromatic N) is 1. The molecule has 1 aromatic carbocycles. The van der Waals surface area contributed by atoms with Gasteiger partial charge in [-0.25, -0.2) is 12.8 Å². The Kier molecular flexibility index (Phi) is 3.70. The van der Waals surface area contributed by atoms with Gasteiger partial charge in [-0.1, -0.05) is 0 Å². The van der Waals surface area contributed by atoms with Crippen molar-refractivity contribution in [3.05, 3.63) is 34.1 Å². The maximum Gasteiger partial charge on any atom is 0.274 e. The monoisotopic (exact) mass is 288 g/mol. The lowest BCUT2D eigenvalue weighted by atomic mass is 10.2. The Hall–Kier alpha value is -1.70. The van der Waals surface area contributed by atoms with Gasteiger partial charge in [0.25, 0.3) is 5.69 Å². The molecular formula is C11H13FN2O4S. The van der Waals surface area contributed by atoms with Crippen LogP contribution in [0.3, 0.4) is 0 Å². The summed E-state index contributed by atoms with van der Waals surface area (Å²) < 4.78 is 36.4. The van der Waals surface area contributed by atoms with E-state index in [9.17, 15) is 22.9 Å². The van der Waals surface area contributed by atoms with Crippen molar-refractivity contribution in [1.82, 2.24) is 0 Å². The molecule has 19 heavy (non-hydrogen) atoms. The normalized spacial score (nSPS) is 21.2. The molecule has 0 aliphatic carbocycles. The highest BCUT2D eigenvalue weighted by Gasteiger charge is 2.30. The van der Waals surface area contributed by atoms with E-state index in [0.29, 0.717) is 12.8 Å². The predicted octanol–water partition coefficient (Wildman–Crippen LogP) is 1.72. The van der Waals surface area contributed by atoms with Crippen LogP contribution >= 0.6 is 0 Å². The van der Waals surface area contributed by atoms with Gasteiger partial charge >= 0.3 is 0 Å². The summed E-state index contributed by atoms with van der Waals surface area (Å²) >= 11 is 0. The molecule has 1 aliphatic rings. The van der Waals surface area contributed by atoms with Crippen LogP contribution < -0.4 is 5.32 Å². The lowest BCUT2D eigenvalue weighted by molar-refractivity contribution is -0.385. The molecule has 0 bridgehead atoms. The van der Waals surface area contributed by atoms with Crippen molar-refractivity contribution in [2.24, 2.45) is 0 Å². The highest BCUT2D eigenvalue weighted by molar-refractivity contribution is 7.92. The summed E-state index contributed by atoms with van der Waals surface area (Å²) in [7, 11) is -3.08. The van der Waals surface area contributed by atoms with E-state index in [2.05, 4.69) is 5.32 Å². The summed E-state index contributed by atoms with van der Waals surface area (Å²) in [6, 6.07) is 3.11. The second kappa shape index (κ2) is 5.12. The minimum atomic E-state index is -3.08. The maximum atomic E-state index is 13.2. The van der Waals surface area contributed by atoms with Crippen molar-refractivity contribution >= 4 is 21.2 Å². The van der Waals surface area contributed by atoms with Gasteiger partial charge in [0.1, 0.15) is 5.82 Å². The number of non-ortho nitro benzene ring substituents is 1. The lowest BCUT2D eigenvalue weighted by Crippen LogP contribution is -2.25. The molecule has 1 aromatic rings. The van der Waals surface area contributed by atoms with Crippen LogP contribution in [0.1, 0.15) is 12.8 Å². The zero-order valence-electron chi connectivity index (χ0n) is 10.0. The number of halogens is 1. The van der Waals surface area contributed by atoms with Gasteiger partial charge in [-0.3, -0.25) is 10.1 Å². The van der Waals surface area contributed by atoms with Gasteiger partial charge in [0.2, 0.25) is 0 Å². The Balaban J connectivity index is 2.10. The number of sulfone groups is 1. The second-order valence-electron chi connectivity index (χ2n) is 4.47. The van der Waals surface area contributed by atoms with Crippen LogP contribution in [0.25, 0.3) is 0 Å². The number of nitro benzene ring substituents is 1. The third kappa shape index (κ3) is 3.19. The molecule has 0 saturated carbocycles. The van der Waals surface area contributed by atoms with Crippen molar-refractivity contribution in [3.8, 4) is 0 Å². The summed E-state index contributed by atoms with van der Waals surface area (Å²) in [6.45, 7) is 0.142. The van der Waals surface area contributed by atoms with E-state index >= 15 is 0 Å². The Bertz CT molecular complexity index is 603. The summed E-state index contributed by atoms with van der Waals surface area (Å²) in [4.78, 5) is 9.89. The van der Waals surface area contributed by atoms with Crippen LogP contribution in [-0.2, 0) is 9.84 Å². The van der Waals surface area contributed by atoms with E-state index in [0.717, 1.165) is 12.1 Å². The number of anilines is 1. The van der Waals surface area contributed by atoms with Gasteiger partial charge in [0.05, 0.1) is 22.0 Å². The molecule has 1 fully saturated rings. The van der Waals surface area contributed by atoms with E-state index in [1.807, 2.05) is 0 Å². The molecule has 1 N–H and O–H groups in total. The third-order valence-corrected chi connectivity index (χ3v) is 5.37. The first-order chi connectivity index (χ1) is 8.88. The van der Waals surface area contributed by atoms with Crippen molar-refractivity contribution in [1.29, 1.82) is 0 Å². The van der Waals surface area contributed by atoms with Gasteiger partial charge in [-0.05, 0) is 18.9 Å². The molecule has 0 amide bonds. The van der Waals surface area contributed by atoms with Crippen LogP contribution in [0, 0.1) is 15.9 Å². The van der Waals surface area contributed by atoms with Crippen LogP contribution in [0.5, 0.6) is 0 Å². The molecule has 1 aliphatic heterocycles. The van der Waals surface area contributed by atoms with Gasteiger partial charge in [-0.2, -0.15) is 0 Å². The number of nitrogens with one attached hydrogen (secondary N) is 1. The first-order valence-corrected chi connectivity index (χ1v) is 7.50. The van der Waals surface area contributed by atoms with Crippen molar-refractivity contribution in [2.45, 2.75) is 18.1 Å². The molecule has 0 aromatic heterocycles. The maximum absolute atomic E-state index is 13.2. The molecule has 104 valence electrons. The fourth-order valence-corrected chi connectivity index (χ4v) is 3.87. The van der Waals surface area contributed by atoms with Crippen molar-refractivity contribution in [3.63, 3.8) is 0 Å². The van der Waals surface area contributed by atoms with Gasteiger partial charge in [0, 0.05) is 18.3 Å². The van der Waals surface area contributed by atoms with Gasteiger partial charge in [-0.15, -0.1) is 0 Å². The summed E-state index contributed by atoms with van der Waals surface area (Å²) in [5, 5.41) is 12.8. The SMILES string of the molecule is O=[N+]([O-])c1cc(F)cc(NCC2CCCS2(=O)=O)c1. The van der Waals surface area contributed by atoms with Gasteiger partial charge in [0.15, 0.2) is 9.84 Å².